The van der Waals surface area contributed by atoms with Crippen LogP contribution >= 0.6 is 0 Å². The number of piperidine rings is 1. The molecule has 2 aromatic rings. The highest BCUT2D eigenvalue weighted by molar-refractivity contribution is 6.07. The average Bonchev–Trinajstić information content (AvgIpc) is 3.08. The highest BCUT2D eigenvalue weighted by atomic mass is 19.1. The average molecular weight is 499 g/mol. The standard InChI is InChI=1S/C27H32F2N4O3/c1-31(2)14-15-33-25(35)27(30-26(33)36,18-20-4-3-5-23(29)16-20)21-10-12-32(13-11-21)24(34)17-19-6-8-22(28)9-7-19/h3-9,16,21H,10-15,17-18H2,1-2H3,(H,30,36)/t27-/m0/s1. The predicted octanol–water partition coefficient (Wildman–Crippen LogP) is 2.84. The summed E-state index contributed by atoms with van der Waals surface area (Å²) in [5, 5.41) is 2.98. The number of rotatable bonds is 8. The SMILES string of the molecule is CN(C)CCN1C(=O)N[C@@](Cc2cccc(F)c2)(C2CCN(C(=O)Cc3ccc(F)cc3)CC2)C1=O. The van der Waals surface area contributed by atoms with Crippen LogP contribution < -0.4 is 5.32 Å². The number of benzene rings is 2. The quantitative estimate of drug-likeness (QED) is 0.569. The van der Waals surface area contributed by atoms with Crippen molar-refractivity contribution in [3.63, 3.8) is 0 Å². The zero-order valence-electron chi connectivity index (χ0n) is 20.7. The zero-order chi connectivity index (χ0) is 25.9. The molecule has 4 rings (SSSR count). The molecule has 4 amide bonds. The molecule has 0 aliphatic carbocycles. The highest BCUT2D eigenvalue weighted by Gasteiger charge is 2.55. The fraction of sp³-hybridized carbons (Fsp3) is 0.444. The van der Waals surface area contributed by atoms with Gasteiger partial charge in [-0.15, -0.1) is 0 Å². The molecule has 1 N–H and O–H groups in total. The summed E-state index contributed by atoms with van der Waals surface area (Å²) in [6.07, 6.45) is 1.41. The molecule has 36 heavy (non-hydrogen) atoms. The zero-order valence-corrected chi connectivity index (χ0v) is 20.7. The number of hydrogen-bond acceptors (Lipinski definition) is 4. The maximum atomic E-state index is 14.0. The van der Waals surface area contributed by atoms with E-state index in [0.717, 1.165) is 5.56 Å². The smallest absolute Gasteiger partial charge is 0.325 e. The van der Waals surface area contributed by atoms with E-state index in [0.29, 0.717) is 38.0 Å². The molecule has 2 heterocycles. The number of halogens is 2. The number of urea groups is 1. The number of amides is 4. The number of likely N-dealkylation sites (tertiary alicyclic amines) is 1. The Morgan fingerprint density at radius 2 is 1.72 bits per heavy atom. The van der Waals surface area contributed by atoms with E-state index in [1.165, 1.54) is 29.2 Å². The van der Waals surface area contributed by atoms with Gasteiger partial charge in [0.2, 0.25) is 5.91 Å². The molecule has 0 unspecified atom stereocenters. The maximum absolute atomic E-state index is 14.0. The van der Waals surface area contributed by atoms with Crippen molar-refractivity contribution in [1.29, 1.82) is 0 Å². The lowest BCUT2D eigenvalue weighted by Gasteiger charge is -2.41. The van der Waals surface area contributed by atoms with Gasteiger partial charge >= 0.3 is 6.03 Å². The molecule has 0 saturated carbocycles. The number of carbonyl (C=O) groups excluding carboxylic acids is 3. The number of nitrogens with one attached hydrogen (secondary N) is 1. The summed E-state index contributed by atoms with van der Waals surface area (Å²) in [5.41, 5.74) is 0.178. The van der Waals surface area contributed by atoms with Crippen LogP contribution in [0, 0.1) is 17.6 Å². The number of hydrogen-bond donors (Lipinski definition) is 1. The summed E-state index contributed by atoms with van der Waals surface area (Å²) in [7, 11) is 3.74. The minimum absolute atomic E-state index is 0.0615. The largest absolute Gasteiger partial charge is 0.342 e. The molecule has 9 heteroatoms. The van der Waals surface area contributed by atoms with Crippen LogP contribution in [0.5, 0.6) is 0 Å². The Balaban J connectivity index is 1.50. The van der Waals surface area contributed by atoms with Crippen LogP contribution in [0.3, 0.4) is 0 Å². The van der Waals surface area contributed by atoms with Gasteiger partial charge in [-0.25, -0.2) is 13.6 Å². The topological polar surface area (TPSA) is 73.0 Å². The monoisotopic (exact) mass is 498 g/mol. The minimum Gasteiger partial charge on any atom is -0.342 e. The Morgan fingerprint density at radius 3 is 2.36 bits per heavy atom. The third kappa shape index (κ3) is 5.56. The molecular weight excluding hydrogens is 466 g/mol. The Labute approximate surface area is 210 Å². The normalized spacial score (nSPS) is 20.8. The number of imide groups is 1. The third-order valence-electron chi connectivity index (χ3n) is 7.16. The highest BCUT2D eigenvalue weighted by Crippen LogP contribution is 2.36. The van der Waals surface area contributed by atoms with E-state index in [2.05, 4.69) is 5.32 Å². The van der Waals surface area contributed by atoms with E-state index in [1.54, 1.807) is 29.2 Å². The third-order valence-corrected chi connectivity index (χ3v) is 7.16. The van der Waals surface area contributed by atoms with Gasteiger partial charge in [-0.05, 0) is 68.2 Å². The van der Waals surface area contributed by atoms with Crippen LogP contribution in [0.1, 0.15) is 24.0 Å². The molecule has 1 atom stereocenters. The van der Waals surface area contributed by atoms with Gasteiger partial charge in [0.25, 0.3) is 5.91 Å². The lowest BCUT2D eigenvalue weighted by molar-refractivity contribution is -0.135. The van der Waals surface area contributed by atoms with Crippen LogP contribution in [0.15, 0.2) is 48.5 Å². The van der Waals surface area contributed by atoms with E-state index in [9.17, 15) is 23.2 Å². The predicted molar refractivity (Wildman–Crippen MR) is 131 cm³/mol. The van der Waals surface area contributed by atoms with Crippen LogP contribution in [0.25, 0.3) is 0 Å². The first kappa shape index (κ1) is 25.8. The lowest BCUT2D eigenvalue weighted by atomic mass is 9.73. The van der Waals surface area contributed by atoms with Crippen molar-refractivity contribution in [2.45, 2.75) is 31.2 Å². The van der Waals surface area contributed by atoms with Crippen LogP contribution in [0.4, 0.5) is 13.6 Å². The molecule has 2 saturated heterocycles. The molecule has 0 bridgehead atoms. The molecule has 0 spiro atoms. The summed E-state index contributed by atoms with van der Waals surface area (Å²) in [6, 6.07) is 11.5. The number of nitrogens with zero attached hydrogens (tertiary/aromatic N) is 3. The van der Waals surface area contributed by atoms with Crippen molar-refractivity contribution in [1.82, 2.24) is 20.0 Å². The molecule has 0 aromatic heterocycles. The van der Waals surface area contributed by atoms with Crippen LogP contribution in [0.2, 0.25) is 0 Å². The van der Waals surface area contributed by atoms with Crippen molar-refractivity contribution in [3.05, 3.63) is 71.3 Å². The van der Waals surface area contributed by atoms with Crippen molar-refractivity contribution in [2.24, 2.45) is 5.92 Å². The van der Waals surface area contributed by atoms with E-state index in [-0.39, 0.29) is 42.9 Å². The van der Waals surface area contributed by atoms with E-state index in [4.69, 9.17) is 0 Å². The fourth-order valence-corrected chi connectivity index (χ4v) is 5.17. The number of likely N-dealkylation sites (N-methyl/N-ethyl adjacent to an activating group) is 1. The van der Waals surface area contributed by atoms with E-state index in [1.807, 2.05) is 19.0 Å². The molecule has 2 aliphatic rings. The van der Waals surface area contributed by atoms with Crippen LogP contribution in [-0.4, -0.2) is 78.4 Å². The van der Waals surface area contributed by atoms with Gasteiger partial charge in [0.15, 0.2) is 0 Å². The van der Waals surface area contributed by atoms with Gasteiger partial charge in [0, 0.05) is 32.6 Å². The van der Waals surface area contributed by atoms with Gasteiger partial charge in [-0.2, -0.15) is 0 Å². The molecule has 2 aliphatic heterocycles. The Hall–Kier alpha value is -3.33. The summed E-state index contributed by atoms with van der Waals surface area (Å²) < 4.78 is 27.1. The maximum Gasteiger partial charge on any atom is 0.325 e. The second-order valence-corrected chi connectivity index (χ2v) is 9.93. The van der Waals surface area contributed by atoms with Crippen molar-refractivity contribution < 1.29 is 23.2 Å². The molecular formula is C27H32F2N4O3. The second kappa shape index (κ2) is 10.7. The van der Waals surface area contributed by atoms with Crippen molar-refractivity contribution in [3.8, 4) is 0 Å². The van der Waals surface area contributed by atoms with Crippen molar-refractivity contribution in [2.75, 3.05) is 40.3 Å². The summed E-state index contributed by atoms with van der Waals surface area (Å²) in [4.78, 5) is 44.4. The van der Waals surface area contributed by atoms with Gasteiger partial charge in [-0.1, -0.05) is 24.3 Å². The molecule has 2 fully saturated rings. The van der Waals surface area contributed by atoms with E-state index < -0.39 is 17.4 Å². The first-order chi connectivity index (χ1) is 17.2. The fourth-order valence-electron chi connectivity index (χ4n) is 5.17. The summed E-state index contributed by atoms with van der Waals surface area (Å²) in [5.74, 6) is -1.32. The second-order valence-electron chi connectivity index (χ2n) is 9.93. The van der Waals surface area contributed by atoms with Gasteiger partial charge in [-0.3, -0.25) is 14.5 Å². The van der Waals surface area contributed by atoms with Crippen molar-refractivity contribution >= 4 is 17.8 Å². The Kier molecular flexibility index (Phi) is 7.68. The lowest BCUT2D eigenvalue weighted by Crippen LogP contribution is -2.58. The number of carbonyl (C=O) groups is 3. The Bertz CT molecular complexity index is 1120. The first-order valence-electron chi connectivity index (χ1n) is 12.2. The van der Waals surface area contributed by atoms with Gasteiger partial charge < -0.3 is 15.1 Å². The van der Waals surface area contributed by atoms with Crippen LogP contribution in [-0.2, 0) is 22.4 Å². The minimum atomic E-state index is -1.19. The van der Waals surface area contributed by atoms with Gasteiger partial charge in [0.1, 0.15) is 17.2 Å². The first-order valence-corrected chi connectivity index (χ1v) is 12.2. The Morgan fingerprint density at radius 1 is 1.03 bits per heavy atom. The van der Waals surface area contributed by atoms with E-state index >= 15 is 0 Å². The molecule has 0 radical (unpaired) electrons. The molecule has 2 aromatic carbocycles. The molecule has 7 nitrogen and oxygen atoms in total. The summed E-state index contributed by atoms with van der Waals surface area (Å²) >= 11 is 0. The summed E-state index contributed by atoms with van der Waals surface area (Å²) in [6.45, 7) is 1.68. The molecule has 192 valence electrons. The van der Waals surface area contributed by atoms with Gasteiger partial charge in [0.05, 0.1) is 6.42 Å².